The van der Waals surface area contributed by atoms with Crippen molar-refractivity contribution in [2.24, 2.45) is 5.41 Å². The molecule has 0 heterocycles. The van der Waals surface area contributed by atoms with Gasteiger partial charge in [-0.15, -0.1) is 0 Å². The largest absolute Gasteiger partial charge is 0.468 e. The molecule has 0 unspecified atom stereocenters. The first-order chi connectivity index (χ1) is 17.7. The lowest BCUT2D eigenvalue weighted by Crippen LogP contribution is -2.42. The fourth-order valence-corrected chi connectivity index (χ4v) is 5.35. The van der Waals surface area contributed by atoms with Crippen LogP contribution in [0.5, 0.6) is 0 Å². The number of hydrogen-bond acceptors (Lipinski definition) is 6. The molecule has 8 heteroatoms. The van der Waals surface area contributed by atoms with Gasteiger partial charge >= 0.3 is 11.9 Å². The highest BCUT2D eigenvalue weighted by Gasteiger charge is 2.55. The summed E-state index contributed by atoms with van der Waals surface area (Å²) >= 11 is 0. The average Bonchev–Trinajstić information content (AvgIpc) is 3.31. The van der Waals surface area contributed by atoms with E-state index in [4.69, 9.17) is 9.47 Å². The monoisotopic (exact) mass is 502 g/mol. The van der Waals surface area contributed by atoms with Crippen LogP contribution in [0.15, 0.2) is 60.7 Å². The summed E-state index contributed by atoms with van der Waals surface area (Å²) in [5.41, 5.74) is 0.794. The van der Waals surface area contributed by atoms with E-state index in [0.29, 0.717) is 33.4 Å². The first-order valence-corrected chi connectivity index (χ1v) is 11.4. The van der Waals surface area contributed by atoms with Gasteiger partial charge in [0.1, 0.15) is 11.6 Å². The van der Waals surface area contributed by atoms with E-state index in [1.54, 1.807) is 0 Å². The Kier molecular flexibility index (Phi) is 5.82. The van der Waals surface area contributed by atoms with Gasteiger partial charge in [0.05, 0.1) is 14.2 Å². The van der Waals surface area contributed by atoms with Crippen LogP contribution in [0.25, 0.3) is 22.3 Å². The van der Waals surface area contributed by atoms with Crippen molar-refractivity contribution in [2.45, 2.75) is 12.8 Å². The van der Waals surface area contributed by atoms with Crippen molar-refractivity contribution < 1.29 is 37.4 Å². The minimum absolute atomic E-state index is 0.0720. The molecule has 0 fully saturated rings. The van der Waals surface area contributed by atoms with Crippen molar-refractivity contribution in [1.82, 2.24) is 0 Å². The van der Waals surface area contributed by atoms with Crippen LogP contribution in [0.2, 0.25) is 0 Å². The van der Waals surface area contributed by atoms with E-state index in [9.17, 15) is 28.0 Å². The number of allylic oxidation sites excluding steroid dienone is 2. The molecule has 2 aliphatic rings. The predicted octanol–water partition coefficient (Wildman–Crippen LogP) is 4.67. The third-order valence-corrected chi connectivity index (χ3v) is 6.97. The van der Waals surface area contributed by atoms with Gasteiger partial charge in [-0.3, -0.25) is 19.2 Å². The number of rotatable bonds is 4. The lowest BCUT2D eigenvalue weighted by Gasteiger charge is -2.23. The number of fused-ring (bicyclic) bond motifs is 2. The molecule has 5 rings (SSSR count). The molecule has 0 N–H and O–H groups in total. The molecule has 186 valence electrons. The maximum absolute atomic E-state index is 13.8. The Balaban J connectivity index is 1.94. The second-order valence-corrected chi connectivity index (χ2v) is 8.95. The van der Waals surface area contributed by atoms with Crippen molar-refractivity contribution in [3.05, 3.63) is 94.6 Å². The molecule has 6 nitrogen and oxygen atoms in total. The zero-order valence-electron chi connectivity index (χ0n) is 19.9. The Morgan fingerprint density at radius 1 is 0.649 bits per heavy atom. The first kappa shape index (κ1) is 24.2. The lowest BCUT2D eigenvalue weighted by molar-refractivity contribution is -0.168. The fraction of sp³-hybridized carbons (Fsp3) is 0.172. The predicted molar refractivity (Wildman–Crippen MR) is 129 cm³/mol. The van der Waals surface area contributed by atoms with E-state index in [0.717, 1.165) is 26.4 Å². The van der Waals surface area contributed by atoms with E-state index in [1.165, 1.54) is 48.5 Å². The van der Waals surface area contributed by atoms with Crippen molar-refractivity contribution >= 4 is 23.5 Å². The standard InChI is InChI=1S/C29H20F2O6/c1-36-27(34)29(28(35)37-2)13-19-20(14-29)24(16-5-9-18(31)10-6-16)26-22(33)12-11-21(32)25(26)23(19)15-3-7-17(30)8-4-15/h3-12H,13-14H2,1-2H3. The lowest BCUT2D eigenvalue weighted by atomic mass is 9.78. The Morgan fingerprint density at radius 3 is 1.32 bits per heavy atom. The summed E-state index contributed by atoms with van der Waals surface area (Å²) in [5, 5.41) is 0. The number of halogens is 2. The molecule has 2 aliphatic carbocycles. The third kappa shape index (κ3) is 3.67. The summed E-state index contributed by atoms with van der Waals surface area (Å²) in [6.45, 7) is 0. The number of esters is 2. The van der Waals surface area contributed by atoms with Crippen molar-refractivity contribution in [3.63, 3.8) is 0 Å². The van der Waals surface area contributed by atoms with Gasteiger partial charge < -0.3 is 9.47 Å². The molecule has 0 aromatic heterocycles. The van der Waals surface area contributed by atoms with Crippen LogP contribution >= 0.6 is 0 Å². The highest BCUT2D eigenvalue weighted by molar-refractivity contribution is 6.27. The number of methoxy groups -OCH3 is 2. The van der Waals surface area contributed by atoms with Gasteiger partial charge in [-0.2, -0.15) is 0 Å². The molecule has 0 saturated heterocycles. The molecule has 0 radical (unpaired) electrons. The van der Waals surface area contributed by atoms with Crippen LogP contribution in [-0.2, 0) is 31.9 Å². The van der Waals surface area contributed by atoms with Crippen molar-refractivity contribution in [2.75, 3.05) is 14.2 Å². The number of ketones is 2. The van der Waals surface area contributed by atoms with Gasteiger partial charge in [0.15, 0.2) is 17.0 Å². The van der Waals surface area contributed by atoms with Crippen LogP contribution in [0, 0.1) is 17.0 Å². The third-order valence-electron chi connectivity index (χ3n) is 6.97. The van der Waals surface area contributed by atoms with Crippen molar-refractivity contribution in [3.8, 4) is 22.3 Å². The van der Waals surface area contributed by atoms with Crippen LogP contribution < -0.4 is 0 Å². The Bertz CT molecular complexity index is 1400. The van der Waals surface area contributed by atoms with Gasteiger partial charge in [0, 0.05) is 24.0 Å². The minimum Gasteiger partial charge on any atom is -0.468 e. The van der Waals surface area contributed by atoms with E-state index in [-0.39, 0.29) is 24.0 Å². The molecule has 0 spiro atoms. The molecule has 0 saturated carbocycles. The molecule has 0 bridgehead atoms. The molecular formula is C29H20F2O6. The molecule has 0 aliphatic heterocycles. The number of benzene rings is 3. The minimum atomic E-state index is -1.78. The molecule has 37 heavy (non-hydrogen) atoms. The summed E-state index contributed by atoms with van der Waals surface area (Å²) in [6.07, 6.45) is 1.95. The van der Waals surface area contributed by atoms with E-state index >= 15 is 0 Å². The zero-order valence-corrected chi connectivity index (χ0v) is 19.9. The van der Waals surface area contributed by atoms with Gasteiger partial charge in [-0.1, -0.05) is 24.3 Å². The highest BCUT2D eigenvalue weighted by Crippen LogP contribution is 2.51. The molecule has 0 atom stereocenters. The average molecular weight is 502 g/mol. The maximum atomic E-state index is 13.8. The number of carbonyl (C=O) groups is 4. The second kappa shape index (κ2) is 8.89. The summed E-state index contributed by atoms with van der Waals surface area (Å²) < 4.78 is 37.6. The van der Waals surface area contributed by atoms with E-state index in [2.05, 4.69) is 0 Å². The highest BCUT2D eigenvalue weighted by atomic mass is 19.1. The Hall–Kier alpha value is -4.46. The van der Waals surface area contributed by atoms with Gasteiger partial charge in [-0.05, 0) is 69.8 Å². The molecule has 0 amide bonds. The smallest absolute Gasteiger partial charge is 0.323 e. The fourth-order valence-electron chi connectivity index (χ4n) is 5.35. The number of carbonyl (C=O) groups excluding carboxylic acids is 4. The zero-order chi connectivity index (χ0) is 26.5. The van der Waals surface area contributed by atoms with E-state index in [1.807, 2.05) is 0 Å². The SMILES string of the molecule is COC(=O)C1(C(=O)OC)Cc2c(c(-c3ccc(F)cc3)c3c(c2-c2ccc(F)cc2)C(=O)C=CC3=O)C1. The quantitative estimate of drug-likeness (QED) is 0.381. The normalized spacial score (nSPS) is 15.2. The second-order valence-electron chi connectivity index (χ2n) is 8.95. The maximum Gasteiger partial charge on any atom is 0.323 e. The number of hydrogen-bond donors (Lipinski definition) is 0. The number of ether oxygens (including phenoxy) is 2. The summed E-state index contributed by atoms with van der Waals surface area (Å²) in [4.78, 5) is 52.8. The van der Waals surface area contributed by atoms with Gasteiger partial charge in [0.2, 0.25) is 0 Å². The van der Waals surface area contributed by atoms with E-state index < -0.39 is 40.6 Å². The Morgan fingerprint density at radius 2 is 1.00 bits per heavy atom. The molecule has 3 aromatic carbocycles. The van der Waals surface area contributed by atoms with Crippen LogP contribution in [-0.4, -0.2) is 37.7 Å². The topological polar surface area (TPSA) is 86.7 Å². The summed E-state index contributed by atoms with van der Waals surface area (Å²) in [7, 11) is 2.31. The summed E-state index contributed by atoms with van der Waals surface area (Å²) in [6, 6.07) is 10.7. The van der Waals surface area contributed by atoms with Crippen LogP contribution in [0.1, 0.15) is 31.8 Å². The van der Waals surface area contributed by atoms with Crippen LogP contribution in [0.3, 0.4) is 0 Å². The Labute approximate surface area is 210 Å². The van der Waals surface area contributed by atoms with Crippen molar-refractivity contribution in [1.29, 1.82) is 0 Å². The van der Waals surface area contributed by atoms with Gasteiger partial charge in [-0.25, -0.2) is 8.78 Å². The first-order valence-electron chi connectivity index (χ1n) is 11.4. The van der Waals surface area contributed by atoms with Gasteiger partial charge in [0.25, 0.3) is 0 Å². The molecule has 3 aromatic rings. The van der Waals surface area contributed by atoms with Crippen LogP contribution in [0.4, 0.5) is 8.78 Å². The summed E-state index contributed by atoms with van der Waals surface area (Å²) in [5.74, 6) is -3.60. The molecular weight excluding hydrogens is 482 g/mol.